The summed E-state index contributed by atoms with van der Waals surface area (Å²) in [5.74, 6) is 0.397. The Morgan fingerprint density at radius 2 is 1.88 bits per heavy atom. The summed E-state index contributed by atoms with van der Waals surface area (Å²) in [7, 11) is 1.81. The molecule has 1 atom stereocenters. The van der Waals surface area contributed by atoms with Crippen molar-refractivity contribution < 1.29 is 13.2 Å². The molecule has 96 valence electrons. The molecule has 4 heteroatoms. The molecule has 0 saturated carbocycles. The Labute approximate surface area is 100 Å². The quantitative estimate of drug-likeness (QED) is 0.853. The highest BCUT2D eigenvalue weighted by Gasteiger charge is 2.31. The second-order valence-electron chi connectivity index (χ2n) is 4.53. The average molecular weight is 245 g/mol. The van der Waals surface area contributed by atoms with Gasteiger partial charge in [-0.25, -0.2) is 0 Å². The first kappa shape index (κ1) is 14.0. The maximum absolute atomic E-state index is 12.6. The van der Waals surface area contributed by atoms with E-state index in [1.807, 2.05) is 20.9 Å². The molecule has 0 aliphatic rings. The minimum atomic E-state index is -4.27. The Balaban J connectivity index is 3.04. The first-order valence-corrected chi connectivity index (χ1v) is 5.68. The first-order valence-electron chi connectivity index (χ1n) is 5.68. The predicted octanol–water partition coefficient (Wildman–Crippen LogP) is 3.66. The summed E-state index contributed by atoms with van der Waals surface area (Å²) >= 11 is 0. The fourth-order valence-electron chi connectivity index (χ4n) is 1.90. The minimum absolute atomic E-state index is 0.0994. The van der Waals surface area contributed by atoms with Crippen LogP contribution in [0.4, 0.5) is 13.2 Å². The third kappa shape index (κ3) is 3.73. The van der Waals surface area contributed by atoms with Crippen LogP contribution in [0.5, 0.6) is 0 Å². The van der Waals surface area contributed by atoms with Crippen molar-refractivity contribution in [1.29, 1.82) is 0 Å². The average Bonchev–Trinajstić information content (AvgIpc) is 2.24. The molecule has 0 radical (unpaired) electrons. The maximum atomic E-state index is 12.6. The summed E-state index contributed by atoms with van der Waals surface area (Å²) < 4.78 is 37.8. The van der Waals surface area contributed by atoms with E-state index in [-0.39, 0.29) is 5.92 Å². The van der Waals surface area contributed by atoms with E-state index in [1.54, 1.807) is 6.07 Å². The molecule has 0 spiro atoms. The van der Waals surface area contributed by atoms with E-state index in [0.717, 1.165) is 11.6 Å². The van der Waals surface area contributed by atoms with Gasteiger partial charge in [0.15, 0.2) is 0 Å². The standard InChI is InChI=1S/C13H18F3N/c1-9(2)12(8-17-3)10-5-4-6-11(7-10)13(14,15)16/h4-7,9,12,17H,8H2,1-3H3. The zero-order valence-corrected chi connectivity index (χ0v) is 10.3. The number of alkyl halides is 3. The summed E-state index contributed by atoms with van der Waals surface area (Å²) in [6, 6.07) is 5.60. The van der Waals surface area contributed by atoms with Crippen LogP contribution < -0.4 is 5.32 Å². The van der Waals surface area contributed by atoms with E-state index >= 15 is 0 Å². The first-order chi connectivity index (χ1) is 7.86. The zero-order valence-electron chi connectivity index (χ0n) is 10.3. The lowest BCUT2D eigenvalue weighted by atomic mass is 9.87. The lowest BCUT2D eigenvalue weighted by Gasteiger charge is -2.22. The molecule has 17 heavy (non-hydrogen) atoms. The van der Waals surface area contributed by atoms with Crippen LogP contribution in [0.25, 0.3) is 0 Å². The summed E-state index contributed by atoms with van der Waals surface area (Å²) in [6.45, 7) is 4.71. The summed E-state index contributed by atoms with van der Waals surface area (Å²) in [5, 5.41) is 3.02. The number of halogens is 3. The molecule has 0 heterocycles. The van der Waals surface area contributed by atoms with Crippen LogP contribution in [0.3, 0.4) is 0 Å². The molecule has 0 amide bonds. The van der Waals surface area contributed by atoms with E-state index in [0.29, 0.717) is 12.5 Å². The number of benzene rings is 1. The molecule has 1 rings (SSSR count). The highest BCUT2D eigenvalue weighted by molar-refractivity contribution is 5.28. The van der Waals surface area contributed by atoms with Gasteiger partial charge in [-0.3, -0.25) is 0 Å². The van der Waals surface area contributed by atoms with Gasteiger partial charge in [-0.15, -0.1) is 0 Å². The van der Waals surface area contributed by atoms with Crippen LogP contribution in [0.15, 0.2) is 24.3 Å². The van der Waals surface area contributed by atoms with E-state index in [1.165, 1.54) is 12.1 Å². The highest BCUT2D eigenvalue weighted by atomic mass is 19.4. The third-order valence-corrected chi connectivity index (χ3v) is 2.87. The molecule has 0 saturated heterocycles. The fourth-order valence-corrected chi connectivity index (χ4v) is 1.90. The molecular weight excluding hydrogens is 227 g/mol. The Hall–Kier alpha value is -1.03. The largest absolute Gasteiger partial charge is 0.416 e. The maximum Gasteiger partial charge on any atom is 0.416 e. The Morgan fingerprint density at radius 1 is 1.24 bits per heavy atom. The molecule has 1 aromatic rings. The van der Waals surface area contributed by atoms with Gasteiger partial charge in [0.1, 0.15) is 0 Å². The Kier molecular flexibility index (Phi) is 4.57. The van der Waals surface area contributed by atoms with Crippen molar-refractivity contribution in [1.82, 2.24) is 5.32 Å². The molecule has 0 aromatic heterocycles. The summed E-state index contributed by atoms with van der Waals surface area (Å²) in [4.78, 5) is 0. The number of hydrogen-bond acceptors (Lipinski definition) is 1. The molecule has 0 bridgehead atoms. The van der Waals surface area contributed by atoms with Gasteiger partial charge in [-0.2, -0.15) is 13.2 Å². The molecule has 1 nitrogen and oxygen atoms in total. The van der Waals surface area contributed by atoms with Gasteiger partial charge < -0.3 is 5.32 Å². The molecule has 1 N–H and O–H groups in total. The Bertz CT molecular complexity index is 358. The van der Waals surface area contributed by atoms with Crippen LogP contribution in [-0.4, -0.2) is 13.6 Å². The van der Waals surface area contributed by atoms with Gasteiger partial charge in [0, 0.05) is 6.54 Å². The molecule has 0 fully saturated rings. The van der Waals surface area contributed by atoms with Crippen molar-refractivity contribution in [2.45, 2.75) is 25.9 Å². The van der Waals surface area contributed by atoms with Crippen LogP contribution in [-0.2, 0) is 6.18 Å². The number of hydrogen-bond donors (Lipinski definition) is 1. The lowest BCUT2D eigenvalue weighted by molar-refractivity contribution is -0.137. The molecule has 0 aliphatic carbocycles. The van der Waals surface area contributed by atoms with E-state index in [2.05, 4.69) is 5.32 Å². The normalized spacial score (nSPS) is 14.1. The second-order valence-corrected chi connectivity index (χ2v) is 4.53. The van der Waals surface area contributed by atoms with Crippen molar-refractivity contribution in [3.8, 4) is 0 Å². The van der Waals surface area contributed by atoms with Crippen LogP contribution >= 0.6 is 0 Å². The van der Waals surface area contributed by atoms with E-state index in [9.17, 15) is 13.2 Å². The van der Waals surface area contributed by atoms with Gasteiger partial charge in [0.05, 0.1) is 5.56 Å². The second kappa shape index (κ2) is 5.54. The molecule has 1 aromatic carbocycles. The Morgan fingerprint density at radius 3 is 2.35 bits per heavy atom. The van der Waals surface area contributed by atoms with E-state index in [4.69, 9.17) is 0 Å². The fraction of sp³-hybridized carbons (Fsp3) is 0.538. The topological polar surface area (TPSA) is 12.0 Å². The van der Waals surface area contributed by atoms with Crippen LogP contribution in [0.2, 0.25) is 0 Å². The molecular formula is C13H18F3N. The predicted molar refractivity (Wildman–Crippen MR) is 62.9 cm³/mol. The van der Waals surface area contributed by atoms with E-state index < -0.39 is 11.7 Å². The van der Waals surface area contributed by atoms with Crippen LogP contribution in [0.1, 0.15) is 30.9 Å². The SMILES string of the molecule is CNCC(c1cccc(C(F)(F)F)c1)C(C)C. The number of likely N-dealkylation sites (N-methyl/N-ethyl adjacent to an activating group) is 1. The van der Waals surface area contributed by atoms with Crippen molar-refractivity contribution >= 4 is 0 Å². The van der Waals surface area contributed by atoms with Crippen molar-refractivity contribution in [2.24, 2.45) is 5.92 Å². The van der Waals surface area contributed by atoms with Crippen molar-refractivity contribution in [2.75, 3.05) is 13.6 Å². The summed E-state index contributed by atoms with van der Waals surface area (Å²) in [5.41, 5.74) is 0.168. The number of nitrogens with one attached hydrogen (secondary N) is 1. The van der Waals surface area contributed by atoms with Gasteiger partial charge in [0.25, 0.3) is 0 Å². The van der Waals surface area contributed by atoms with Gasteiger partial charge in [-0.05, 0) is 30.5 Å². The lowest BCUT2D eigenvalue weighted by Crippen LogP contribution is -2.21. The van der Waals surface area contributed by atoms with Gasteiger partial charge in [-0.1, -0.05) is 32.0 Å². The monoisotopic (exact) mass is 245 g/mol. The summed E-state index contributed by atoms with van der Waals surface area (Å²) in [6.07, 6.45) is -4.27. The van der Waals surface area contributed by atoms with Crippen LogP contribution in [0, 0.1) is 5.92 Å². The smallest absolute Gasteiger partial charge is 0.319 e. The van der Waals surface area contributed by atoms with Crippen molar-refractivity contribution in [3.63, 3.8) is 0 Å². The van der Waals surface area contributed by atoms with Gasteiger partial charge >= 0.3 is 6.18 Å². The minimum Gasteiger partial charge on any atom is -0.319 e. The number of rotatable bonds is 4. The highest BCUT2D eigenvalue weighted by Crippen LogP contribution is 2.32. The molecule has 1 unspecified atom stereocenters. The van der Waals surface area contributed by atoms with Crippen molar-refractivity contribution in [3.05, 3.63) is 35.4 Å². The zero-order chi connectivity index (χ0) is 13.1. The third-order valence-electron chi connectivity index (χ3n) is 2.87. The van der Waals surface area contributed by atoms with Gasteiger partial charge in [0.2, 0.25) is 0 Å². The molecule has 0 aliphatic heterocycles.